The van der Waals surface area contributed by atoms with Gasteiger partial charge in [-0.3, -0.25) is 0 Å². The standard InChI is InChI=1S/C16H22N3O2.BrH/c1-4-9-19(2)10-7-18(8-11-19)16-17-14-6-5-13(20-3)12-15(14)21-16;/h4-6,12H,1,7-11H2,2-3H3;1H/q+1;/p-1. The summed E-state index contributed by atoms with van der Waals surface area (Å²) in [5, 5.41) is 0. The zero-order valence-corrected chi connectivity index (χ0v) is 14.7. The number of likely N-dealkylation sites (N-methyl/N-ethyl adjacent to an activating group) is 1. The molecule has 0 spiro atoms. The number of piperazine rings is 1. The largest absolute Gasteiger partial charge is 1.00 e. The van der Waals surface area contributed by atoms with Crippen LogP contribution in [0.15, 0.2) is 35.3 Å². The van der Waals surface area contributed by atoms with Gasteiger partial charge in [-0.25, -0.2) is 0 Å². The number of quaternary nitrogens is 1. The first kappa shape index (κ1) is 16.8. The van der Waals surface area contributed by atoms with Crippen LogP contribution in [-0.4, -0.2) is 56.3 Å². The summed E-state index contributed by atoms with van der Waals surface area (Å²) in [4.78, 5) is 6.80. The van der Waals surface area contributed by atoms with E-state index in [9.17, 15) is 0 Å². The number of ether oxygens (including phenoxy) is 1. The predicted octanol–water partition coefficient (Wildman–Crippen LogP) is -0.707. The molecule has 6 heteroatoms. The summed E-state index contributed by atoms with van der Waals surface area (Å²) in [7, 11) is 3.93. The van der Waals surface area contributed by atoms with Crippen molar-refractivity contribution in [2.24, 2.45) is 0 Å². The number of nitrogens with zero attached hydrogens (tertiary/aromatic N) is 3. The Balaban J connectivity index is 0.00000176. The molecule has 1 saturated heterocycles. The SMILES string of the molecule is C=CC[N+]1(C)CCN(c2nc3ccc(OC)cc3o2)CC1.[Br-]. The molecule has 22 heavy (non-hydrogen) atoms. The van der Waals surface area contributed by atoms with Crippen LogP contribution in [0, 0.1) is 0 Å². The van der Waals surface area contributed by atoms with Crippen molar-refractivity contribution in [1.29, 1.82) is 0 Å². The summed E-state index contributed by atoms with van der Waals surface area (Å²) in [5.41, 5.74) is 1.65. The van der Waals surface area contributed by atoms with E-state index in [1.807, 2.05) is 24.3 Å². The Hall–Kier alpha value is -1.53. The maximum atomic E-state index is 5.89. The van der Waals surface area contributed by atoms with Gasteiger partial charge in [0.1, 0.15) is 11.3 Å². The van der Waals surface area contributed by atoms with Gasteiger partial charge in [-0.2, -0.15) is 4.98 Å². The molecule has 0 saturated carbocycles. The third-order valence-electron chi connectivity index (χ3n) is 4.24. The van der Waals surface area contributed by atoms with Crippen molar-refractivity contribution < 1.29 is 30.6 Å². The monoisotopic (exact) mass is 367 g/mol. The van der Waals surface area contributed by atoms with E-state index in [4.69, 9.17) is 9.15 Å². The average molecular weight is 368 g/mol. The van der Waals surface area contributed by atoms with Crippen LogP contribution in [0.3, 0.4) is 0 Å². The van der Waals surface area contributed by atoms with E-state index in [0.717, 1.165) is 54.1 Å². The number of aromatic nitrogens is 1. The van der Waals surface area contributed by atoms with Crippen LogP contribution in [0.25, 0.3) is 11.1 Å². The van der Waals surface area contributed by atoms with Gasteiger partial charge in [-0.05, 0) is 18.2 Å². The van der Waals surface area contributed by atoms with E-state index in [1.54, 1.807) is 7.11 Å². The van der Waals surface area contributed by atoms with Gasteiger partial charge in [0.15, 0.2) is 5.58 Å². The second-order valence-corrected chi connectivity index (χ2v) is 5.86. The average Bonchev–Trinajstić information content (AvgIpc) is 2.90. The number of oxazole rings is 1. The Kier molecular flexibility index (Phi) is 5.13. The van der Waals surface area contributed by atoms with E-state index in [1.165, 1.54) is 0 Å². The van der Waals surface area contributed by atoms with Crippen LogP contribution in [0.1, 0.15) is 0 Å². The molecule has 0 unspecified atom stereocenters. The summed E-state index contributed by atoms with van der Waals surface area (Å²) < 4.78 is 12.1. The highest BCUT2D eigenvalue weighted by molar-refractivity contribution is 5.76. The van der Waals surface area contributed by atoms with E-state index < -0.39 is 0 Å². The fourth-order valence-corrected chi connectivity index (χ4v) is 2.79. The number of methoxy groups -OCH3 is 1. The lowest BCUT2D eigenvalue weighted by molar-refractivity contribution is -0.904. The zero-order chi connectivity index (χ0) is 14.9. The van der Waals surface area contributed by atoms with Crippen LogP contribution in [-0.2, 0) is 0 Å². The molecule has 1 aliphatic rings. The third kappa shape index (κ3) is 3.28. The summed E-state index contributed by atoms with van der Waals surface area (Å²) in [6.45, 7) is 8.92. The molecule has 2 heterocycles. The van der Waals surface area contributed by atoms with Gasteiger partial charge < -0.3 is 35.5 Å². The lowest BCUT2D eigenvalue weighted by Gasteiger charge is -2.40. The fourth-order valence-electron chi connectivity index (χ4n) is 2.79. The van der Waals surface area contributed by atoms with Crippen molar-refractivity contribution in [3.8, 4) is 5.75 Å². The molecule has 1 aromatic heterocycles. The summed E-state index contributed by atoms with van der Waals surface area (Å²) in [6, 6.07) is 6.43. The number of anilines is 1. The van der Waals surface area contributed by atoms with Crippen molar-refractivity contribution in [2.45, 2.75) is 0 Å². The molecular weight excluding hydrogens is 346 g/mol. The Labute approximate surface area is 141 Å². The molecule has 0 bridgehead atoms. The lowest BCUT2D eigenvalue weighted by Crippen LogP contribution is -3.00. The van der Waals surface area contributed by atoms with Gasteiger partial charge in [-0.1, -0.05) is 6.58 Å². The predicted molar refractivity (Wildman–Crippen MR) is 83.8 cm³/mol. The molecular formula is C16H22BrN3O2. The molecule has 0 aliphatic carbocycles. The highest BCUT2D eigenvalue weighted by atomic mass is 79.9. The Bertz CT molecular complexity index is 648. The van der Waals surface area contributed by atoms with Crippen LogP contribution in [0.5, 0.6) is 5.75 Å². The van der Waals surface area contributed by atoms with Gasteiger partial charge in [0, 0.05) is 6.07 Å². The fraction of sp³-hybridized carbons (Fsp3) is 0.438. The van der Waals surface area contributed by atoms with E-state index >= 15 is 0 Å². The van der Waals surface area contributed by atoms with Crippen LogP contribution < -0.4 is 26.6 Å². The first-order chi connectivity index (χ1) is 10.1. The minimum atomic E-state index is 0. The van der Waals surface area contributed by atoms with Gasteiger partial charge >= 0.3 is 0 Å². The second-order valence-electron chi connectivity index (χ2n) is 5.86. The normalized spacial score (nSPS) is 17.1. The van der Waals surface area contributed by atoms with Crippen molar-refractivity contribution in [3.63, 3.8) is 0 Å². The molecule has 0 atom stereocenters. The number of fused-ring (bicyclic) bond motifs is 1. The van der Waals surface area contributed by atoms with Crippen molar-refractivity contribution in [3.05, 3.63) is 30.9 Å². The molecule has 0 radical (unpaired) electrons. The van der Waals surface area contributed by atoms with Crippen LogP contribution in [0.2, 0.25) is 0 Å². The quantitative estimate of drug-likeness (QED) is 0.528. The molecule has 1 aliphatic heterocycles. The molecule has 2 aromatic rings. The van der Waals surface area contributed by atoms with Gasteiger partial charge in [0.25, 0.3) is 6.01 Å². The Morgan fingerprint density at radius 1 is 1.41 bits per heavy atom. The minimum Gasteiger partial charge on any atom is -1.00 e. The van der Waals surface area contributed by atoms with Gasteiger partial charge in [-0.15, -0.1) is 0 Å². The second kappa shape index (κ2) is 6.71. The molecule has 3 rings (SSSR count). The van der Waals surface area contributed by atoms with E-state index in [-0.39, 0.29) is 17.0 Å². The molecule has 0 amide bonds. The molecule has 5 nitrogen and oxygen atoms in total. The van der Waals surface area contributed by atoms with Crippen molar-refractivity contribution >= 4 is 17.1 Å². The summed E-state index contributed by atoms with van der Waals surface area (Å²) in [6.07, 6.45) is 2.00. The molecule has 120 valence electrons. The number of halogens is 1. The maximum absolute atomic E-state index is 5.89. The van der Waals surface area contributed by atoms with Gasteiger partial charge in [0.2, 0.25) is 0 Å². The highest BCUT2D eigenvalue weighted by Gasteiger charge is 2.29. The smallest absolute Gasteiger partial charge is 0.298 e. The number of benzene rings is 1. The first-order valence-corrected chi connectivity index (χ1v) is 7.27. The Morgan fingerprint density at radius 2 is 2.14 bits per heavy atom. The highest BCUT2D eigenvalue weighted by Crippen LogP contribution is 2.26. The molecule has 0 N–H and O–H groups in total. The lowest BCUT2D eigenvalue weighted by atomic mass is 10.2. The topological polar surface area (TPSA) is 38.5 Å². The minimum absolute atomic E-state index is 0. The van der Waals surface area contributed by atoms with E-state index in [0.29, 0.717) is 6.01 Å². The number of hydrogen-bond acceptors (Lipinski definition) is 4. The zero-order valence-electron chi connectivity index (χ0n) is 13.1. The Morgan fingerprint density at radius 3 is 2.77 bits per heavy atom. The number of hydrogen-bond donors (Lipinski definition) is 0. The maximum Gasteiger partial charge on any atom is 0.298 e. The van der Waals surface area contributed by atoms with Crippen LogP contribution >= 0.6 is 0 Å². The summed E-state index contributed by atoms with van der Waals surface area (Å²) in [5.74, 6) is 0.791. The molecule has 1 fully saturated rings. The third-order valence-corrected chi connectivity index (χ3v) is 4.24. The molecule has 1 aromatic carbocycles. The first-order valence-electron chi connectivity index (χ1n) is 7.27. The van der Waals surface area contributed by atoms with Crippen molar-refractivity contribution in [2.75, 3.05) is 51.8 Å². The van der Waals surface area contributed by atoms with Gasteiger partial charge in [0.05, 0.1) is 46.9 Å². The number of rotatable bonds is 4. The van der Waals surface area contributed by atoms with Crippen molar-refractivity contribution in [1.82, 2.24) is 4.98 Å². The van der Waals surface area contributed by atoms with E-state index in [2.05, 4.69) is 23.5 Å². The summed E-state index contributed by atoms with van der Waals surface area (Å²) >= 11 is 0. The van der Waals surface area contributed by atoms with Crippen LogP contribution in [0.4, 0.5) is 6.01 Å².